The lowest BCUT2D eigenvalue weighted by atomic mass is 9.92. The molecule has 2 aromatic rings. The highest BCUT2D eigenvalue weighted by Crippen LogP contribution is 2.37. The Hall–Kier alpha value is -1.80. The minimum absolute atomic E-state index is 0.984. The Labute approximate surface area is 114 Å². The molecule has 0 bridgehead atoms. The third-order valence-electron chi connectivity index (χ3n) is 3.92. The number of likely N-dealkylation sites (N-methyl/N-ethyl adjacent to an activating group) is 1. The molecule has 0 radical (unpaired) electrons. The van der Waals surface area contributed by atoms with Gasteiger partial charge in [0.25, 0.3) is 0 Å². The van der Waals surface area contributed by atoms with Crippen LogP contribution in [0.1, 0.15) is 30.7 Å². The lowest BCUT2D eigenvalue weighted by Gasteiger charge is -2.26. The van der Waals surface area contributed by atoms with E-state index in [1.54, 1.807) is 0 Å². The molecule has 1 aromatic carbocycles. The minimum Gasteiger partial charge on any atom is -0.357 e. The number of nitrogens with zero attached hydrogens (tertiary/aromatic N) is 1. The SMILES string of the molecule is C=Cc1cccc2[nH]c3c(c12)C(=C(C)C)CN(C)C3. The first-order chi connectivity index (χ1) is 9.11. The van der Waals surface area contributed by atoms with E-state index in [1.807, 2.05) is 6.08 Å². The van der Waals surface area contributed by atoms with Gasteiger partial charge in [-0.25, -0.2) is 0 Å². The number of hydrogen-bond donors (Lipinski definition) is 1. The number of fused-ring (bicyclic) bond motifs is 3. The maximum atomic E-state index is 3.95. The fourth-order valence-electron chi connectivity index (χ4n) is 3.03. The Balaban J connectivity index is 2.41. The molecule has 1 aromatic heterocycles. The predicted octanol–water partition coefficient (Wildman–Crippen LogP) is 4.05. The smallest absolute Gasteiger partial charge is 0.0468 e. The standard InChI is InChI=1S/C17H20N2/c1-5-12-7-6-8-14-16(12)17-13(11(2)3)9-19(4)10-15(17)18-14/h5-8,18H,1,9-10H2,2-4H3. The molecule has 0 saturated carbocycles. The van der Waals surface area contributed by atoms with Crippen molar-refractivity contribution in [2.24, 2.45) is 0 Å². The molecule has 1 aliphatic heterocycles. The lowest BCUT2D eigenvalue weighted by Crippen LogP contribution is -2.26. The Kier molecular flexibility index (Phi) is 2.83. The molecule has 2 heteroatoms. The third-order valence-corrected chi connectivity index (χ3v) is 3.92. The van der Waals surface area contributed by atoms with E-state index >= 15 is 0 Å². The Bertz CT molecular complexity index is 685. The molecule has 2 heterocycles. The van der Waals surface area contributed by atoms with Gasteiger partial charge < -0.3 is 4.98 Å². The summed E-state index contributed by atoms with van der Waals surface area (Å²) >= 11 is 0. The lowest BCUT2D eigenvalue weighted by molar-refractivity contribution is 0.354. The predicted molar refractivity (Wildman–Crippen MR) is 83.0 cm³/mol. The van der Waals surface area contributed by atoms with Crippen LogP contribution in [-0.2, 0) is 6.54 Å². The van der Waals surface area contributed by atoms with Gasteiger partial charge in [0.1, 0.15) is 0 Å². The molecule has 3 rings (SSSR count). The maximum absolute atomic E-state index is 3.95. The van der Waals surface area contributed by atoms with Crippen molar-refractivity contribution in [3.05, 3.63) is 47.2 Å². The van der Waals surface area contributed by atoms with Crippen molar-refractivity contribution in [1.29, 1.82) is 0 Å². The molecule has 0 saturated heterocycles. The topological polar surface area (TPSA) is 19.0 Å². The van der Waals surface area contributed by atoms with Crippen molar-refractivity contribution in [2.45, 2.75) is 20.4 Å². The van der Waals surface area contributed by atoms with Gasteiger partial charge in [-0.05, 0) is 38.1 Å². The number of allylic oxidation sites excluding steroid dienone is 1. The summed E-state index contributed by atoms with van der Waals surface area (Å²) in [6.07, 6.45) is 1.96. The van der Waals surface area contributed by atoms with Crippen molar-refractivity contribution < 1.29 is 0 Å². The molecule has 1 N–H and O–H groups in total. The van der Waals surface area contributed by atoms with Crippen molar-refractivity contribution >= 4 is 22.6 Å². The summed E-state index contributed by atoms with van der Waals surface area (Å²) in [6, 6.07) is 6.39. The molecule has 0 spiro atoms. The largest absolute Gasteiger partial charge is 0.357 e. The third kappa shape index (κ3) is 1.83. The van der Waals surface area contributed by atoms with E-state index < -0.39 is 0 Å². The van der Waals surface area contributed by atoms with Gasteiger partial charge in [-0.15, -0.1) is 0 Å². The molecule has 0 unspecified atom stereocenters. The van der Waals surface area contributed by atoms with Gasteiger partial charge >= 0.3 is 0 Å². The second-order valence-electron chi connectivity index (χ2n) is 5.60. The second-order valence-corrected chi connectivity index (χ2v) is 5.60. The first-order valence-corrected chi connectivity index (χ1v) is 6.73. The van der Waals surface area contributed by atoms with Crippen LogP contribution >= 0.6 is 0 Å². The molecule has 1 aliphatic rings. The number of benzene rings is 1. The number of hydrogen-bond acceptors (Lipinski definition) is 1. The molecule has 2 nitrogen and oxygen atoms in total. The second kappa shape index (κ2) is 4.39. The molecule has 19 heavy (non-hydrogen) atoms. The Morgan fingerprint density at radius 2 is 2.11 bits per heavy atom. The zero-order chi connectivity index (χ0) is 13.6. The summed E-state index contributed by atoms with van der Waals surface area (Å²) in [5, 5.41) is 1.33. The van der Waals surface area contributed by atoms with Gasteiger partial charge in [-0.3, -0.25) is 4.90 Å². The quantitative estimate of drug-likeness (QED) is 0.811. The summed E-state index contributed by atoms with van der Waals surface area (Å²) in [4.78, 5) is 5.94. The monoisotopic (exact) mass is 252 g/mol. The molecule has 98 valence electrons. The Morgan fingerprint density at radius 3 is 2.79 bits per heavy atom. The van der Waals surface area contributed by atoms with Gasteiger partial charge in [-0.1, -0.05) is 30.4 Å². The summed E-state index contributed by atoms with van der Waals surface area (Å²) in [6.45, 7) is 10.4. The molecule has 0 amide bonds. The molecule has 0 fully saturated rings. The van der Waals surface area contributed by atoms with E-state index in [0.717, 1.165) is 13.1 Å². The van der Waals surface area contributed by atoms with Crippen LogP contribution < -0.4 is 0 Å². The molecular formula is C17H20N2. The fourth-order valence-corrected chi connectivity index (χ4v) is 3.03. The number of aromatic amines is 1. The zero-order valence-corrected chi connectivity index (χ0v) is 11.9. The van der Waals surface area contributed by atoms with E-state index in [4.69, 9.17) is 0 Å². The van der Waals surface area contributed by atoms with E-state index in [2.05, 4.69) is 55.6 Å². The summed E-state index contributed by atoms with van der Waals surface area (Å²) in [5.41, 5.74) is 8.02. The van der Waals surface area contributed by atoms with Crippen LogP contribution in [0.2, 0.25) is 0 Å². The summed E-state index contributed by atoms with van der Waals surface area (Å²) in [7, 11) is 2.17. The highest BCUT2D eigenvalue weighted by atomic mass is 15.1. The van der Waals surface area contributed by atoms with Gasteiger partial charge in [0, 0.05) is 35.2 Å². The van der Waals surface area contributed by atoms with Crippen LogP contribution in [0.25, 0.3) is 22.6 Å². The van der Waals surface area contributed by atoms with Gasteiger partial charge in [0.15, 0.2) is 0 Å². The highest BCUT2D eigenvalue weighted by molar-refractivity contribution is 6.00. The normalized spacial score (nSPS) is 15.6. The van der Waals surface area contributed by atoms with E-state index in [-0.39, 0.29) is 0 Å². The van der Waals surface area contributed by atoms with Crippen LogP contribution in [0.5, 0.6) is 0 Å². The van der Waals surface area contributed by atoms with E-state index in [0.29, 0.717) is 0 Å². The van der Waals surface area contributed by atoms with Crippen LogP contribution in [0.15, 0.2) is 30.4 Å². The molecule has 0 atom stereocenters. The summed E-state index contributed by atoms with van der Waals surface area (Å²) < 4.78 is 0. The van der Waals surface area contributed by atoms with Gasteiger partial charge in [-0.2, -0.15) is 0 Å². The average molecular weight is 252 g/mol. The van der Waals surface area contributed by atoms with Gasteiger partial charge in [0.2, 0.25) is 0 Å². The minimum atomic E-state index is 0.984. The highest BCUT2D eigenvalue weighted by Gasteiger charge is 2.24. The van der Waals surface area contributed by atoms with Crippen molar-refractivity contribution in [3.8, 4) is 0 Å². The van der Waals surface area contributed by atoms with E-state index in [1.165, 1.54) is 38.9 Å². The average Bonchev–Trinajstić information content (AvgIpc) is 2.75. The first kappa shape index (κ1) is 12.2. The number of H-pyrrole nitrogens is 1. The van der Waals surface area contributed by atoms with E-state index in [9.17, 15) is 0 Å². The van der Waals surface area contributed by atoms with Gasteiger partial charge in [0.05, 0.1) is 0 Å². The number of aromatic nitrogens is 1. The summed E-state index contributed by atoms with van der Waals surface area (Å²) in [5.74, 6) is 0. The van der Waals surface area contributed by atoms with Crippen molar-refractivity contribution in [3.63, 3.8) is 0 Å². The van der Waals surface area contributed by atoms with Crippen LogP contribution in [-0.4, -0.2) is 23.5 Å². The van der Waals surface area contributed by atoms with Crippen molar-refractivity contribution in [1.82, 2.24) is 9.88 Å². The van der Waals surface area contributed by atoms with Crippen LogP contribution in [0.3, 0.4) is 0 Å². The molecule has 0 aliphatic carbocycles. The zero-order valence-electron chi connectivity index (χ0n) is 11.9. The maximum Gasteiger partial charge on any atom is 0.0468 e. The van der Waals surface area contributed by atoms with Crippen LogP contribution in [0, 0.1) is 0 Å². The number of rotatable bonds is 1. The fraction of sp³-hybridized carbons (Fsp3) is 0.294. The van der Waals surface area contributed by atoms with Crippen molar-refractivity contribution in [2.75, 3.05) is 13.6 Å². The number of nitrogens with one attached hydrogen (secondary N) is 1. The first-order valence-electron chi connectivity index (χ1n) is 6.73. The molecular weight excluding hydrogens is 232 g/mol. The Morgan fingerprint density at radius 1 is 1.32 bits per heavy atom. The van der Waals surface area contributed by atoms with Crippen LogP contribution in [0.4, 0.5) is 0 Å².